The lowest BCUT2D eigenvalue weighted by atomic mass is 9.98. The number of ketones is 1. The number of para-hydroxylation sites is 1. The first-order valence-electron chi connectivity index (χ1n) is 15.2. The van der Waals surface area contributed by atoms with Crippen LogP contribution in [0.4, 0.5) is 5.69 Å². The molecular formula is C39H36N2O5. The molecule has 0 fully saturated rings. The Morgan fingerprint density at radius 2 is 1.30 bits per heavy atom. The molecular weight excluding hydrogens is 576 g/mol. The van der Waals surface area contributed by atoms with Gasteiger partial charge in [0.1, 0.15) is 18.4 Å². The van der Waals surface area contributed by atoms with Crippen LogP contribution in [0.2, 0.25) is 0 Å². The molecule has 7 heteroatoms. The number of anilines is 1. The second-order valence-corrected chi connectivity index (χ2v) is 10.9. The van der Waals surface area contributed by atoms with E-state index in [1.807, 2.05) is 54.6 Å². The van der Waals surface area contributed by atoms with Crippen molar-refractivity contribution in [2.45, 2.75) is 25.3 Å². The number of aliphatic carboxylic acids is 1. The number of carboxylic acid groups (broad SMARTS) is 1. The average molecular weight is 613 g/mol. The van der Waals surface area contributed by atoms with Gasteiger partial charge >= 0.3 is 5.97 Å². The zero-order valence-electron chi connectivity index (χ0n) is 25.4. The Labute approximate surface area is 268 Å². The van der Waals surface area contributed by atoms with Gasteiger partial charge in [0, 0.05) is 23.2 Å². The highest BCUT2D eigenvalue weighted by Gasteiger charge is 2.21. The van der Waals surface area contributed by atoms with Crippen LogP contribution < -0.4 is 15.4 Å². The molecule has 0 aliphatic carbocycles. The van der Waals surface area contributed by atoms with Crippen LogP contribution in [0.15, 0.2) is 133 Å². The van der Waals surface area contributed by atoms with E-state index in [4.69, 9.17) is 4.74 Å². The molecule has 7 nitrogen and oxygen atoms in total. The minimum atomic E-state index is -1.03. The third-order valence-electron chi connectivity index (χ3n) is 7.60. The molecule has 0 heterocycles. The highest BCUT2D eigenvalue weighted by atomic mass is 16.5. The molecule has 5 aromatic carbocycles. The fourth-order valence-corrected chi connectivity index (χ4v) is 5.21. The first kappa shape index (κ1) is 31.7. The molecule has 1 unspecified atom stereocenters. The van der Waals surface area contributed by atoms with Crippen molar-refractivity contribution >= 4 is 23.3 Å². The lowest BCUT2D eigenvalue weighted by Crippen LogP contribution is -2.32. The second kappa shape index (κ2) is 15.9. The number of ether oxygens (including phenoxy) is 1. The quantitative estimate of drug-likeness (QED) is 0.0940. The second-order valence-electron chi connectivity index (χ2n) is 10.9. The Balaban J connectivity index is 1.10. The lowest BCUT2D eigenvalue weighted by Gasteiger charge is -2.18. The number of hydrogen-bond acceptors (Lipinski definition) is 5. The Morgan fingerprint density at radius 1 is 0.674 bits per heavy atom. The van der Waals surface area contributed by atoms with Crippen LogP contribution in [0.1, 0.15) is 38.2 Å². The van der Waals surface area contributed by atoms with Gasteiger partial charge in [0.25, 0.3) is 0 Å². The van der Waals surface area contributed by atoms with Crippen molar-refractivity contribution in [2.24, 2.45) is 0 Å². The zero-order valence-corrected chi connectivity index (χ0v) is 25.4. The van der Waals surface area contributed by atoms with Crippen molar-refractivity contribution in [2.75, 3.05) is 18.5 Å². The fourth-order valence-electron chi connectivity index (χ4n) is 5.21. The Bertz CT molecular complexity index is 1750. The summed E-state index contributed by atoms with van der Waals surface area (Å²) in [6, 6.07) is 40.2. The minimum Gasteiger partial charge on any atom is -0.492 e. The number of amides is 1. The third kappa shape index (κ3) is 8.92. The molecule has 0 radical (unpaired) electrons. The molecule has 0 spiro atoms. The molecule has 0 aliphatic rings. The van der Waals surface area contributed by atoms with E-state index >= 15 is 0 Å². The molecule has 0 saturated heterocycles. The number of carbonyl (C=O) groups is 3. The van der Waals surface area contributed by atoms with E-state index in [2.05, 4.69) is 28.8 Å². The smallest absolute Gasteiger partial charge is 0.326 e. The maximum absolute atomic E-state index is 13.1. The van der Waals surface area contributed by atoms with Gasteiger partial charge in [-0.2, -0.15) is 0 Å². The molecule has 3 N–H and O–H groups in total. The maximum atomic E-state index is 13.1. The number of nitrogens with one attached hydrogen (secondary N) is 2. The molecule has 0 saturated carbocycles. The van der Waals surface area contributed by atoms with E-state index in [0.717, 1.165) is 23.1 Å². The van der Waals surface area contributed by atoms with Gasteiger partial charge < -0.3 is 20.5 Å². The number of carbonyl (C=O) groups excluding carboxylic acids is 2. The largest absolute Gasteiger partial charge is 0.492 e. The molecule has 0 bridgehead atoms. The van der Waals surface area contributed by atoms with Crippen molar-refractivity contribution in [1.29, 1.82) is 0 Å². The highest BCUT2D eigenvalue weighted by molar-refractivity contribution is 6.12. The molecule has 232 valence electrons. The van der Waals surface area contributed by atoms with E-state index in [-0.39, 0.29) is 18.1 Å². The molecule has 5 aromatic rings. The SMILES string of the molecule is O=C(Cc1ccccc1Cc1ccccc1)NCCOc1ccc(CC(Nc2ccccc2C(=O)c2ccccc2)C(=O)O)cc1. The van der Waals surface area contributed by atoms with Gasteiger partial charge in [-0.1, -0.05) is 109 Å². The van der Waals surface area contributed by atoms with Gasteiger partial charge in [-0.05, 0) is 52.9 Å². The van der Waals surface area contributed by atoms with E-state index < -0.39 is 12.0 Å². The molecule has 1 amide bonds. The highest BCUT2D eigenvalue weighted by Crippen LogP contribution is 2.22. The van der Waals surface area contributed by atoms with Crippen LogP contribution in [-0.4, -0.2) is 42.0 Å². The fraction of sp³-hybridized carbons (Fsp3) is 0.154. The van der Waals surface area contributed by atoms with Gasteiger partial charge in [0.05, 0.1) is 13.0 Å². The van der Waals surface area contributed by atoms with Crippen molar-refractivity contribution in [3.63, 3.8) is 0 Å². The van der Waals surface area contributed by atoms with Crippen LogP contribution in [0.25, 0.3) is 0 Å². The van der Waals surface area contributed by atoms with E-state index in [9.17, 15) is 19.5 Å². The van der Waals surface area contributed by atoms with Crippen LogP contribution in [0, 0.1) is 0 Å². The summed E-state index contributed by atoms with van der Waals surface area (Å²) in [6.45, 7) is 0.649. The van der Waals surface area contributed by atoms with Crippen LogP contribution in [0.5, 0.6) is 5.75 Å². The van der Waals surface area contributed by atoms with Gasteiger partial charge in [0.2, 0.25) is 5.91 Å². The zero-order chi connectivity index (χ0) is 32.1. The Kier molecular flexibility index (Phi) is 10.9. The summed E-state index contributed by atoms with van der Waals surface area (Å²) in [6.07, 6.45) is 1.26. The summed E-state index contributed by atoms with van der Waals surface area (Å²) in [4.78, 5) is 37.9. The van der Waals surface area contributed by atoms with Gasteiger partial charge in [0.15, 0.2) is 5.78 Å². The van der Waals surface area contributed by atoms with Crippen molar-refractivity contribution in [1.82, 2.24) is 5.32 Å². The summed E-state index contributed by atoms with van der Waals surface area (Å²) in [5.74, 6) is -0.664. The van der Waals surface area contributed by atoms with E-state index in [1.54, 1.807) is 60.7 Å². The number of rotatable bonds is 15. The van der Waals surface area contributed by atoms with Crippen LogP contribution in [0.3, 0.4) is 0 Å². The Morgan fingerprint density at radius 3 is 2.02 bits per heavy atom. The predicted molar refractivity (Wildman–Crippen MR) is 179 cm³/mol. The lowest BCUT2D eigenvalue weighted by molar-refractivity contribution is -0.137. The van der Waals surface area contributed by atoms with Gasteiger partial charge in [-0.15, -0.1) is 0 Å². The molecule has 0 aromatic heterocycles. The summed E-state index contributed by atoms with van der Waals surface area (Å²) in [7, 11) is 0. The Hall–Kier alpha value is -5.69. The number of hydrogen-bond donors (Lipinski definition) is 3. The van der Waals surface area contributed by atoms with Gasteiger partial charge in [-0.3, -0.25) is 9.59 Å². The predicted octanol–water partition coefficient (Wildman–Crippen LogP) is 6.35. The summed E-state index contributed by atoms with van der Waals surface area (Å²) >= 11 is 0. The monoisotopic (exact) mass is 612 g/mol. The first-order chi connectivity index (χ1) is 22.5. The molecule has 0 aliphatic heterocycles. The topological polar surface area (TPSA) is 105 Å². The summed E-state index contributed by atoms with van der Waals surface area (Å²) in [5, 5.41) is 15.9. The van der Waals surface area contributed by atoms with E-state index in [0.29, 0.717) is 42.1 Å². The number of carboxylic acids is 1. The molecule has 46 heavy (non-hydrogen) atoms. The minimum absolute atomic E-state index is 0.0706. The first-order valence-corrected chi connectivity index (χ1v) is 15.2. The third-order valence-corrected chi connectivity index (χ3v) is 7.60. The van der Waals surface area contributed by atoms with Crippen LogP contribution in [-0.2, 0) is 28.9 Å². The van der Waals surface area contributed by atoms with Gasteiger partial charge in [-0.25, -0.2) is 4.79 Å². The standard InChI is InChI=1S/C39H36N2O5/c42-37(27-32-16-8-7-15-31(32)25-28-11-3-1-4-12-28)40-23-24-46-33-21-19-29(20-22-33)26-36(39(44)45)41-35-18-10-9-17-34(35)38(43)30-13-5-2-6-14-30/h1-22,36,41H,23-27H2,(H,40,42)(H,44,45). The van der Waals surface area contributed by atoms with E-state index in [1.165, 1.54) is 5.56 Å². The van der Waals surface area contributed by atoms with Crippen molar-refractivity contribution in [3.8, 4) is 5.75 Å². The molecule has 5 rings (SSSR count). The summed E-state index contributed by atoms with van der Waals surface area (Å²) in [5.41, 5.74) is 5.53. The average Bonchev–Trinajstić information content (AvgIpc) is 3.08. The van der Waals surface area contributed by atoms with Crippen molar-refractivity contribution in [3.05, 3.63) is 167 Å². The maximum Gasteiger partial charge on any atom is 0.326 e. The number of benzene rings is 5. The van der Waals surface area contributed by atoms with Crippen LogP contribution >= 0.6 is 0 Å². The molecule has 1 atom stereocenters. The normalized spacial score (nSPS) is 11.3. The summed E-state index contributed by atoms with van der Waals surface area (Å²) < 4.78 is 5.81. The van der Waals surface area contributed by atoms with Crippen molar-refractivity contribution < 1.29 is 24.2 Å².